The number of hydrogen-bond acceptors (Lipinski definition) is 5. The van der Waals surface area contributed by atoms with Crippen molar-refractivity contribution in [1.82, 2.24) is 20.3 Å². The molecule has 18 heavy (non-hydrogen) atoms. The summed E-state index contributed by atoms with van der Waals surface area (Å²) in [7, 11) is 0. The summed E-state index contributed by atoms with van der Waals surface area (Å²) in [4.78, 5) is 0. The van der Waals surface area contributed by atoms with Crippen LogP contribution in [-0.4, -0.2) is 31.8 Å². The van der Waals surface area contributed by atoms with Gasteiger partial charge in [-0.1, -0.05) is 11.3 Å². The van der Waals surface area contributed by atoms with Gasteiger partial charge in [0.1, 0.15) is 11.5 Å². The van der Waals surface area contributed by atoms with E-state index in [0.717, 1.165) is 5.56 Å². The third-order valence-electron chi connectivity index (χ3n) is 2.74. The van der Waals surface area contributed by atoms with Gasteiger partial charge in [0.05, 0.1) is 12.7 Å². The van der Waals surface area contributed by atoms with E-state index in [1.807, 2.05) is 6.92 Å². The van der Waals surface area contributed by atoms with E-state index in [-0.39, 0.29) is 17.5 Å². The molecule has 0 fully saturated rings. The molecular formula is C12H16N4O2. The summed E-state index contributed by atoms with van der Waals surface area (Å²) in [5.74, 6) is 0.154. The van der Waals surface area contributed by atoms with E-state index >= 15 is 0 Å². The maximum atomic E-state index is 9.72. The smallest absolute Gasteiger partial charge is 0.124 e. The van der Waals surface area contributed by atoms with Gasteiger partial charge in [0.15, 0.2) is 0 Å². The first-order valence-corrected chi connectivity index (χ1v) is 5.76. The third-order valence-corrected chi connectivity index (χ3v) is 2.74. The molecule has 6 nitrogen and oxygen atoms in total. The van der Waals surface area contributed by atoms with Crippen molar-refractivity contribution in [3.63, 3.8) is 0 Å². The Morgan fingerprint density at radius 1 is 1.39 bits per heavy atom. The molecule has 0 aliphatic rings. The van der Waals surface area contributed by atoms with Gasteiger partial charge in [-0.05, 0) is 13.0 Å². The van der Waals surface area contributed by atoms with Crippen LogP contribution < -0.4 is 5.32 Å². The molecule has 0 amide bonds. The van der Waals surface area contributed by atoms with Crippen LogP contribution in [0.4, 0.5) is 0 Å². The number of hydrogen-bond donors (Lipinski definition) is 3. The van der Waals surface area contributed by atoms with E-state index in [4.69, 9.17) is 0 Å². The average Bonchev–Trinajstić information content (AvgIpc) is 2.81. The highest BCUT2D eigenvalue weighted by Gasteiger charge is 2.10. The molecule has 1 aromatic carbocycles. The van der Waals surface area contributed by atoms with Crippen molar-refractivity contribution in [1.29, 1.82) is 0 Å². The first-order chi connectivity index (χ1) is 8.66. The van der Waals surface area contributed by atoms with Crippen molar-refractivity contribution in [3.05, 3.63) is 36.2 Å². The molecule has 1 heterocycles. The van der Waals surface area contributed by atoms with Crippen LogP contribution in [0.25, 0.3) is 0 Å². The summed E-state index contributed by atoms with van der Waals surface area (Å²) in [6.45, 7) is 3.38. The van der Waals surface area contributed by atoms with Crippen LogP contribution in [0.15, 0.2) is 30.6 Å². The standard InChI is InChI=1S/C12H16N4O2/c1-9(11-3-2-10(17)8-12(11)18)13-4-6-16-7-5-14-15-16/h2-3,5,7-9,13,17-18H,4,6H2,1H3. The van der Waals surface area contributed by atoms with Crippen molar-refractivity contribution in [2.75, 3.05) is 6.54 Å². The zero-order valence-corrected chi connectivity index (χ0v) is 10.1. The Labute approximate surface area is 105 Å². The molecular weight excluding hydrogens is 232 g/mol. The molecule has 1 atom stereocenters. The Bertz CT molecular complexity index is 499. The van der Waals surface area contributed by atoms with Crippen LogP contribution in [-0.2, 0) is 6.54 Å². The fraction of sp³-hybridized carbons (Fsp3) is 0.333. The molecule has 0 spiro atoms. The number of rotatable bonds is 5. The van der Waals surface area contributed by atoms with Crippen LogP contribution >= 0.6 is 0 Å². The van der Waals surface area contributed by atoms with Crippen molar-refractivity contribution < 1.29 is 10.2 Å². The zero-order valence-electron chi connectivity index (χ0n) is 10.1. The fourth-order valence-corrected chi connectivity index (χ4v) is 1.76. The Morgan fingerprint density at radius 2 is 2.22 bits per heavy atom. The molecule has 0 saturated heterocycles. The predicted octanol–water partition coefficient (Wildman–Crippen LogP) is 1.04. The minimum Gasteiger partial charge on any atom is -0.508 e. The Morgan fingerprint density at radius 3 is 2.89 bits per heavy atom. The quantitative estimate of drug-likeness (QED) is 0.736. The molecule has 0 aliphatic carbocycles. The second kappa shape index (κ2) is 5.50. The number of aromatic nitrogens is 3. The third kappa shape index (κ3) is 2.98. The maximum Gasteiger partial charge on any atom is 0.124 e. The predicted molar refractivity (Wildman–Crippen MR) is 66.2 cm³/mol. The summed E-state index contributed by atoms with van der Waals surface area (Å²) in [6, 6.07) is 4.60. The molecule has 3 N–H and O–H groups in total. The molecule has 6 heteroatoms. The maximum absolute atomic E-state index is 9.72. The highest BCUT2D eigenvalue weighted by atomic mass is 16.3. The lowest BCUT2D eigenvalue weighted by atomic mass is 10.1. The normalized spacial score (nSPS) is 12.5. The molecule has 2 aromatic rings. The van der Waals surface area contributed by atoms with Gasteiger partial charge in [-0.25, -0.2) is 0 Å². The Hall–Kier alpha value is -2.08. The van der Waals surface area contributed by atoms with Crippen molar-refractivity contribution >= 4 is 0 Å². The van der Waals surface area contributed by atoms with Gasteiger partial charge in [-0.2, -0.15) is 0 Å². The fourth-order valence-electron chi connectivity index (χ4n) is 1.76. The SMILES string of the molecule is CC(NCCn1ccnn1)c1ccc(O)cc1O. The van der Waals surface area contributed by atoms with Crippen LogP contribution in [0.2, 0.25) is 0 Å². The van der Waals surface area contributed by atoms with Gasteiger partial charge >= 0.3 is 0 Å². The topological polar surface area (TPSA) is 83.2 Å². The number of aromatic hydroxyl groups is 2. The lowest BCUT2D eigenvalue weighted by molar-refractivity contribution is 0.432. The van der Waals surface area contributed by atoms with Crippen molar-refractivity contribution in [2.24, 2.45) is 0 Å². The second-order valence-corrected chi connectivity index (χ2v) is 4.09. The molecule has 0 aliphatic heterocycles. The lowest BCUT2D eigenvalue weighted by Crippen LogP contribution is -2.23. The highest BCUT2D eigenvalue weighted by Crippen LogP contribution is 2.27. The van der Waals surface area contributed by atoms with Gasteiger partial charge in [-0.3, -0.25) is 4.68 Å². The molecule has 96 valence electrons. The van der Waals surface area contributed by atoms with Gasteiger partial charge in [0, 0.05) is 30.4 Å². The van der Waals surface area contributed by atoms with Crippen LogP contribution in [0.1, 0.15) is 18.5 Å². The van der Waals surface area contributed by atoms with Gasteiger partial charge in [-0.15, -0.1) is 5.10 Å². The van der Waals surface area contributed by atoms with E-state index in [2.05, 4.69) is 15.6 Å². The Balaban J connectivity index is 1.89. The first-order valence-electron chi connectivity index (χ1n) is 5.76. The highest BCUT2D eigenvalue weighted by molar-refractivity contribution is 5.40. The van der Waals surface area contributed by atoms with Crippen LogP contribution in [0, 0.1) is 0 Å². The van der Waals surface area contributed by atoms with E-state index in [9.17, 15) is 10.2 Å². The largest absolute Gasteiger partial charge is 0.508 e. The summed E-state index contributed by atoms with van der Waals surface area (Å²) < 4.78 is 1.73. The molecule has 1 aromatic heterocycles. The number of nitrogens with zero attached hydrogens (tertiary/aromatic N) is 3. The van der Waals surface area contributed by atoms with Gasteiger partial charge in [0.2, 0.25) is 0 Å². The second-order valence-electron chi connectivity index (χ2n) is 4.09. The first kappa shape index (κ1) is 12.4. The molecule has 0 radical (unpaired) electrons. The molecule has 2 rings (SSSR count). The Kier molecular flexibility index (Phi) is 3.78. The number of phenols is 2. The molecule has 0 saturated carbocycles. The summed E-state index contributed by atoms with van der Waals surface area (Å²) in [6.07, 6.45) is 3.43. The zero-order chi connectivity index (χ0) is 13.0. The lowest BCUT2D eigenvalue weighted by Gasteiger charge is -2.15. The van der Waals surface area contributed by atoms with Crippen molar-refractivity contribution in [3.8, 4) is 11.5 Å². The number of phenolic OH excluding ortho intramolecular Hbond substituents is 2. The van der Waals surface area contributed by atoms with Gasteiger partial charge < -0.3 is 15.5 Å². The molecule has 1 unspecified atom stereocenters. The minimum absolute atomic E-state index is 0.00544. The van der Waals surface area contributed by atoms with E-state index in [1.54, 1.807) is 29.2 Å². The van der Waals surface area contributed by atoms with Crippen LogP contribution in [0.5, 0.6) is 11.5 Å². The van der Waals surface area contributed by atoms with Crippen molar-refractivity contribution in [2.45, 2.75) is 19.5 Å². The van der Waals surface area contributed by atoms with E-state index < -0.39 is 0 Å². The number of nitrogens with one attached hydrogen (secondary N) is 1. The van der Waals surface area contributed by atoms with Crippen LogP contribution in [0.3, 0.4) is 0 Å². The summed E-state index contributed by atoms with van der Waals surface area (Å²) in [5.41, 5.74) is 0.756. The number of benzene rings is 1. The summed E-state index contributed by atoms with van der Waals surface area (Å²) in [5, 5.41) is 29.8. The monoisotopic (exact) mass is 248 g/mol. The van der Waals surface area contributed by atoms with E-state index in [1.165, 1.54) is 6.07 Å². The average molecular weight is 248 g/mol. The summed E-state index contributed by atoms with van der Waals surface area (Å²) >= 11 is 0. The minimum atomic E-state index is -0.00544. The van der Waals surface area contributed by atoms with E-state index in [0.29, 0.717) is 13.1 Å². The van der Waals surface area contributed by atoms with Gasteiger partial charge in [0.25, 0.3) is 0 Å². The molecule has 0 bridgehead atoms.